The Balaban J connectivity index is 1.32. The maximum absolute atomic E-state index is 13.0. The van der Waals surface area contributed by atoms with Crippen molar-refractivity contribution in [2.45, 2.75) is 43.5 Å². The zero-order chi connectivity index (χ0) is 21.8. The quantitative estimate of drug-likeness (QED) is 0.525. The number of nitrogens with zero attached hydrogens (tertiary/aromatic N) is 4. The molecule has 2 heterocycles. The van der Waals surface area contributed by atoms with Crippen molar-refractivity contribution in [3.05, 3.63) is 65.7 Å². The van der Waals surface area contributed by atoms with E-state index in [0.717, 1.165) is 48.9 Å². The molecular weight excluding hydrogens is 404 g/mol. The fourth-order valence-electron chi connectivity index (χ4n) is 4.14. The summed E-state index contributed by atoms with van der Waals surface area (Å²) in [5, 5.41) is 9.30. The normalized spacial score (nSPS) is 15.8. The van der Waals surface area contributed by atoms with Gasteiger partial charge in [0, 0.05) is 25.7 Å². The van der Waals surface area contributed by atoms with Gasteiger partial charge >= 0.3 is 0 Å². The summed E-state index contributed by atoms with van der Waals surface area (Å²) in [5.41, 5.74) is 3.64. The number of piperidine rings is 1. The molecule has 0 radical (unpaired) electrons. The maximum atomic E-state index is 13.0. The van der Waals surface area contributed by atoms with E-state index >= 15 is 0 Å². The van der Waals surface area contributed by atoms with E-state index in [2.05, 4.69) is 71.7 Å². The van der Waals surface area contributed by atoms with Crippen molar-refractivity contribution in [2.75, 3.05) is 13.1 Å². The Kier molecular flexibility index (Phi) is 6.76. The lowest BCUT2D eigenvalue weighted by molar-refractivity contribution is -0.131. The van der Waals surface area contributed by atoms with Crippen molar-refractivity contribution in [3.63, 3.8) is 0 Å². The van der Waals surface area contributed by atoms with Gasteiger partial charge in [0.05, 0.1) is 5.25 Å². The molecule has 0 N–H and O–H groups in total. The number of hydrogen-bond acceptors (Lipinski definition) is 4. The van der Waals surface area contributed by atoms with Crippen LogP contribution >= 0.6 is 11.8 Å². The number of carbonyl (C=O) groups excluding carboxylic acids is 1. The summed E-state index contributed by atoms with van der Waals surface area (Å²) in [5.74, 6) is 1.68. The van der Waals surface area contributed by atoms with Crippen molar-refractivity contribution in [2.24, 2.45) is 13.0 Å². The smallest absolute Gasteiger partial charge is 0.235 e. The molecule has 0 saturated carbocycles. The average molecular weight is 435 g/mol. The Hall–Kier alpha value is -2.60. The van der Waals surface area contributed by atoms with Gasteiger partial charge in [0.2, 0.25) is 5.91 Å². The van der Waals surface area contributed by atoms with E-state index in [0.29, 0.717) is 5.92 Å². The van der Waals surface area contributed by atoms with Crippen LogP contribution in [-0.2, 0) is 18.3 Å². The molecule has 1 saturated heterocycles. The average Bonchev–Trinajstić information content (AvgIpc) is 3.15. The van der Waals surface area contributed by atoms with E-state index in [1.165, 1.54) is 22.9 Å². The molecule has 162 valence electrons. The Bertz CT molecular complexity index is 1010. The molecule has 1 aromatic heterocycles. The van der Waals surface area contributed by atoms with Gasteiger partial charge in [-0.15, -0.1) is 10.2 Å². The number of benzene rings is 2. The van der Waals surface area contributed by atoms with Crippen molar-refractivity contribution < 1.29 is 4.79 Å². The third kappa shape index (κ3) is 5.18. The summed E-state index contributed by atoms with van der Waals surface area (Å²) in [4.78, 5) is 15.1. The summed E-state index contributed by atoms with van der Waals surface area (Å²) in [6.45, 7) is 5.73. The summed E-state index contributed by atoms with van der Waals surface area (Å²) in [7, 11) is 1.96. The van der Waals surface area contributed by atoms with Crippen molar-refractivity contribution >= 4 is 17.7 Å². The van der Waals surface area contributed by atoms with E-state index in [1.807, 2.05) is 23.4 Å². The summed E-state index contributed by atoms with van der Waals surface area (Å²) in [6.07, 6.45) is 3.24. The minimum Gasteiger partial charge on any atom is -0.342 e. The number of amides is 1. The largest absolute Gasteiger partial charge is 0.342 e. The van der Waals surface area contributed by atoms with Crippen LogP contribution in [0.5, 0.6) is 0 Å². The number of rotatable bonds is 6. The molecule has 4 rings (SSSR count). The van der Waals surface area contributed by atoms with Crippen LogP contribution in [0.15, 0.2) is 59.8 Å². The van der Waals surface area contributed by atoms with Crippen LogP contribution in [-0.4, -0.2) is 43.9 Å². The zero-order valence-corrected chi connectivity index (χ0v) is 19.3. The van der Waals surface area contributed by atoms with Crippen LogP contribution in [0.1, 0.15) is 30.9 Å². The zero-order valence-electron chi connectivity index (χ0n) is 18.5. The first kappa shape index (κ1) is 21.6. The van der Waals surface area contributed by atoms with Gasteiger partial charge in [0.1, 0.15) is 0 Å². The molecule has 1 amide bonds. The van der Waals surface area contributed by atoms with Crippen LogP contribution in [0.4, 0.5) is 0 Å². The lowest BCUT2D eigenvalue weighted by Gasteiger charge is -2.33. The lowest BCUT2D eigenvalue weighted by atomic mass is 9.90. The van der Waals surface area contributed by atoms with Gasteiger partial charge in [-0.3, -0.25) is 4.79 Å². The molecule has 2 aromatic carbocycles. The van der Waals surface area contributed by atoms with Crippen LogP contribution in [0, 0.1) is 12.8 Å². The molecule has 0 spiro atoms. The molecular formula is C25H30N4OS. The highest BCUT2D eigenvalue weighted by Gasteiger charge is 2.28. The molecule has 0 aliphatic carbocycles. The van der Waals surface area contributed by atoms with Crippen molar-refractivity contribution in [1.29, 1.82) is 0 Å². The fourth-order valence-corrected chi connectivity index (χ4v) is 5.04. The summed E-state index contributed by atoms with van der Waals surface area (Å²) in [6, 6.07) is 18.9. The van der Waals surface area contributed by atoms with Gasteiger partial charge in [0.15, 0.2) is 11.0 Å². The maximum Gasteiger partial charge on any atom is 0.235 e. The fraction of sp³-hybridized carbons (Fsp3) is 0.400. The third-order valence-electron chi connectivity index (χ3n) is 6.07. The van der Waals surface area contributed by atoms with E-state index in [1.54, 1.807) is 0 Å². The van der Waals surface area contributed by atoms with Crippen LogP contribution < -0.4 is 0 Å². The number of carbonyl (C=O) groups is 1. The number of thioether (sulfide) groups is 1. The monoisotopic (exact) mass is 434 g/mol. The first-order valence-corrected chi connectivity index (χ1v) is 11.8. The third-order valence-corrected chi connectivity index (χ3v) is 7.19. The Morgan fingerprint density at radius 2 is 1.74 bits per heavy atom. The second-order valence-corrected chi connectivity index (χ2v) is 9.76. The molecule has 1 aliphatic heterocycles. The highest BCUT2D eigenvalue weighted by Crippen LogP contribution is 2.28. The topological polar surface area (TPSA) is 51.0 Å². The second kappa shape index (κ2) is 9.69. The van der Waals surface area contributed by atoms with Crippen LogP contribution in [0.3, 0.4) is 0 Å². The van der Waals surface area contributed by atoms with E-state index < -0.39 is 0 Å². The van der Waals surface area contributed by atoms with E-state index in [-0.39, 0.29) is 11.2 Å². The number of aromatic nitrogens is 3. The van der Waals surface area contributed by atoms with Crippen molar-refractivity contribution in [1.82, 2.24) is 19.7 Å². The molecule has 6 heteroatoms. The lowest BCUT2D eigenvalue weighted by Crippen LogP contribution is -2.42. The van der Waals surface area contributed by atoms with Gasteiger partial charge in [0.25, 0.3) is 0 Å². The SMILES string of the molecule is Cc1ccc(-c2nnc(SC(C)C(=O)N3CCC(Cc4ccccc4)CC3)n2C)cc1. The predicted octanol–water partition coefficient (Wildman–Crippen LogP) is 4.75. The first-order chi connectivity index (χ1) is 15.0. The predicted molar refractivity (Wildman–Crippen MR) is 126 cm³/mol. The van der Waals surface area contributed by atoms with Gasteiger partial charge in [-0.1, -0.05) is 71.9 Å². The second-order valence-electron chi connectivity index (χ2n) is 8.45. The molecule has 5 nitrogen and oxygen atoms in total. The first-order valence-electron chi connectivity index (χ1n) is 11.0. The molecule has 1 fully saturated rings. The molecule has 1 atom stereocenters. The van der Waals surface area contributed by atoms with E-state index in [9.17, 15) is 4.79 Å². The van der Waals surface area contributed by atoms with Gasteiger partial charge in [-0.2, -0.15) is 0 Å². The van der Waals surface area contributed by atoms with Gasteiger partial charge in [-0.05, 0) is 44.6 Å². The molecule has 1 aliphatic rings. The van der Waals surface area contributed by atoms with Crippen LogP contribution in [0.25, 0.3) is 11.4 Å². The highest BCUT2D eigenvalue weighted by molar-refractivity contribution is 8.00. The van der Waals surface area contributed by atoms with Crippen molar-refractivity contribution in [3.8, 4) is 11.4 Å². The Morgan fingerprint density at radius 3 is 2.42 bits per heavy atom. The molecule has 31 heavy (non-hydrogen) atoms. The minimum atomic E-state index is -0.181. The van der Waals surface area contributed by atoms with E-state index in [4.69, 9.17) is 0 Å². The molecule has 1 unspecified atom stereocenters. The minimum absolute atomic E-state index is 0.181. The number of aryl methyl sites for hydroxylation is 1. The number of likely N-dealkylation sites (tertiary alicyclic amines) is 1. The Morgan fingerprint density at radius 1 is 1.06 bits per heavy atom. The number of hydrogen-bond donors (Lipinski definition) is 0. The Labute approximate surface area is 188 Å². The summed E-state index contributed by atoms with van der Waals surface area (Å²) < 4.78 is 1.98. The van der Waals surface area contributed by atoms with Crippen LogP contribution in [0.2, 0.25) is 0 Å². The standard InChI is InChI=1S/C25H30N4OS/c1-18-9-11-22(12-10-18)23-26-27-25(28(23)3)31-19(2)24(30)29-15-13-21(14-16-29)17-20-7-5-4-6-8-20/h4-12,19,21H,13-17H2,1-3H3. The highest BCUT2D eigenvalue weighted by atomic mass is 32.2. The summed E-state index contributed by atoms with van der Waals surface area (Å²) >= 11 is 1.49. The molecule has 0 bridgehead atoms. The molecule has 3 aromatic rings. The van der Waals surface area contributed by atoms with Gasteiger partial charge in [-0.25, -0.2) is 0 Å². The van der Waals surface area contributed by atoms with Gasteiger partial charge < -0.3 is 9.47 Å².